The predicted molar refractivity (Wildman–Crippen MR) is 67.9 cm³/mol. The summed E-state index contributed by atoms with van der Waals surface area (Å²) in [6.45, 7) is 1.98. The third-order valence-corrected chi connectivity index (χ3v) is 3.03. The van der Waals surface area contributed by atoms with Crippen LogP contribution in [0, 0.1) is 0 Å². The predicted octanol–water partition coefficient (Wildman–Crippen LogP) is 3.23. The van der Waals surface area contributed by atoms with Gasteiger partial charge in [-0.1, -0.05) is 49.4 Å². The number of rotatable bonds is 3. The van der Waals surface area contributed by atoms with Crippen molar-refractivity contribution >= 4 is 0 Å². The highest BCUT2D eigenvalue weighted by atomic mass is 16.3. The molecular weight excluding hydrogens is 212 g/mol. The first-order valence-electron chi connectivity index (χ1n) is 5.70. The fourth-order valence-electron chi connectivity index (χ4n) is 1.90. The van der Waals surface area contributed by atoms with E-state index in [2.05, 4.69) is 0 Å². The van der Waals surface area contributed by atoms with Crippen LogP contribution >= 0.6 is 0 Å². The van der Waals surface area contributed by atoms with Gasteiger partial charge in [0, 0.05) is 5.92 Å². The fourth-order valence-corrected chi connectivity index (χ4v) is 1.90. The summed E-state index contributed by atoms with van der Waals surface area (Å²) in [4.78, 5) is 0. The quantitative estimate of drug-likeness (QED) is 0.846. The van der Waals surface area contributed by atoms with E-state index in [1.54, 1.807) is 12.1 Å². The van der Waals surface area contributed by atoms with Crippen LogP contribution < -0.4 is 0 Å². The van der Waals surface area contributed by atoms with Crippen LogP contribution in [0.1, 0.15) is 30.1 Å². The Morgan fingerprint density at radius 2 is 1.41 bits per heavy atom. The smallest absolute Gasteiger partial charge is 0.115 e. The maximum Gasteiger partial charge on any atom is 0.115 e. The summed E-state index contributed by atoms with van der Waals surface area (Å²) in [6.07, 6.45) is -0.527. The highest BCUT2D eigenvalue weighted by molar-refractivity contribution is 5.30. The van der Waals surface area contributed by atoms with E-state index < -0.39 is 6.10 Å². The minimum absolute atomic E-state index is 0.00185. The van der Waals surface area contributed by atoms with Gasteiger partial charge in [0.2, 0.25) is 0 Å². The number of phenolic OH excluding ortho intramolecular Hbond substituents is 1. The molecule has 17 heavy (non-hydrogen) atoms. The van der Waals surface area contributed by atoms with E-state index in [0.29, 0.717) is 0 Å². The van der Waals surface area contributed by atoms with E-state index in [4.69, 9.17) is 0 Å². The zero-order chi connectivity index (χ0) is 12.3. The van der Waals surface area contributed by atoms with Crippen LogP contribution in [0.5, 0.6) is 5.75 Å². The number of benzene rings is 2. The van der Waals surface area contributed by atoms with E-state index in [1.165, 1.54) is 0 Å². The first-order chi connectivity index (χ1) is 8.18. The van der Waals surface area contributed by atoms with Gasteiger partial charge in [0.1, 0.15) is 5.75 Å². The Bertz CT molecular complexity index is 462. The van der Waals surface area contributed by atoms with Gasteiger partial charge in [-0.3, -0.25) is 0 Å². The largest absolute Gasteiger partial charge is 0.508 e. The van der Waals surface area contributed by atoms with Crippen molar-refractivity contribution in [3.63, 3.8) is 0 Å². The lowest BCUT2D eigenvalue weighted by molar-refractivity contribution is 0.151. The summed E-state index contributed by atoms with van der Waals surface area (Å²) in [7, 11) is 0. The number of aliphatic hydroxyl groups excluding tert-OH is 1. The molecule has 0 bridgehead atoms. The van der Waals surface area contributed by atoms with Crippen LogP contribution in [0.2, 0.25) is 0 Å². The van der Waals surface area contributed by atoms with Gasteiger partial charge in [0.15, 0.2) is 0 Å². The van der Waals surface area contributed by atoms with E-state index in [9.17, 15) is 10.2 Å². The van der Waals surface area contributed by atoms with Crippen molar-refractivity contribution in [1.82, 2.24) is 0 Å². The second-order valence-electron chi connectivity index (χ2n) is 4.24. The van der Waals surface area contributed by atoms with E-state index in [-0.39, 0.29) is 11.7 Å². The standard InChI is InChI=1S/C15H16O2/c1-11(12-7-9-14(16)10-8-12)15(17)13-5-3-2-4-6-13/h2-11,15-17H,1H3. The second kappa shape index (κ2) is 5.02. The zero-order valence-electron chi connectivity index (χ0n) is 9.75. The molecule has 0 aromatic heterocycles. The van der Waals surface area contributed by atoms with Gasteiger partial charge in [0.25, 0.3) is 0 Å². The summed E-state index contributed by atoms with van der Waals surface area (Å²) in [5, 5.41) is 19.5. The Morgan fingerprint density at radius 1 is 0.824 bits per heavy atom. The third kappa shape index (κ3) is 2.66. The average Bonchev–Trinajstić information content (AvgIpc) is 2.39. The molecule has 0 heterocycles. The molecule has 0 saturated heterocycles. The summed E-state index contributed by atoms with van der Waals surface area (Å²) in [6, 6.07) is 16.6. The van der Waals surface area contributed by atoms with Crippen LogP contribution in [-0.4, -0.2) is 10.2 Å². The van der Waals surface area contributed by atoms with Crippen LogP contribution in [-0.2, 0) is 0 Å². The molecule has 0 aliphatic heterocycles. The Labute approximate surface area is 101 Å². The molecule has 2 unspecified atom stereocenters. The molecule has 2 aromatic carbocycles. The van der Waals surface area contributed by atoms with Crippen molar-refractivity contribution in [2.45, 2.75) is 18.9 Å². The number of phenols is 1. The molecule has 0 aliphatic carbocycles. The maximum atomic E-state index is 10.2. The topological polar surface area (TPSA) is 40.5 Å². The summed E-state index contributed by atoms with van der Waals surface area (Å²) >= 11 is 0. The number of hydrogen-bond donors (Lipinski definition) is 2. The maximum absolute atomic E-state index is 10.2. The van der Waals surface area contributed by atoms with Gasteiger partial charge in [-0.15, -0.1) is 0 Å². The van der Waals surface area contributed by atoms with Gasteiger partial charge in [0.05, 0.1) is 6.10 Å². The molecule has 88 valence electrons. The van der Waals surface area contributed by atoms with Gasteiger partial charge >= 0.3 is 0 Å². The lowest BCUT2D eigenvalue weighted by Crippen LogP contribution is -2.07. The molecular formula is C15H16O2. The fraction of sp³-hybridized carbons (Fsp3) is 0.200. The van der Waals surface area contributed by atoms with E-state index >= 15 is 0 Å². The van der Waals surface area contributed by atoms with Crippen LogP contribution in [0.25, 0.3) is 0 Å². The van der Waals surface area contributed by atoms with Crippen molar-refractivity contribution in [3.8, 4) is 5.75 Å². The van der Waals surface area contributed by atoms with Gasteiger partial charge < -0.3 is 10.2 Å². The molecule has 2 aromatic rings. The number of aromatic hydroxyl groups is 1. The van der Waals surface area contributed by atoms with Crippen molar-refractivity contribution < 1.29 is 10.2 Å². The van der Waals surface area contributed by atoms with E-state index in [1.807, 2.05) is 49.4 Å². The van der Waals surface area contributed by atoms with Crippen LogP contribution in [0.15, 0.2) is 54.6 Å². The van der Waals surface area contributed by atoms with Gasteiger partial charge in [-0.2, -0.15) is 0 Å². The molecule has 2 rings (SSSR count). The molecule has 0 fully saturated rings. The Balaban J connectivity index is 2.20. The molecule has 2 nitrogen and oxygen atoms in total. The van der Waals surface area contributed by atoms with Crippen molar-refractivity contribution in [2.75, 3.05) is 0 Å². The molecule has 2 N–H and O–H groups in total. The third-order valence-electron chi connectivity index (χ3n) is 3.03. The second-order valence-corrected chi connectivity index (χ2v) is 4.24. The lowest BCUT2D eigenvalue weighted by Gasteiger charge is -2.19. The summed E-state index contributed by atoms with van der Waals surface area (Å²) in [5.74, 6) is 0.244. The molecule has 0 aliphatic rings. The Morgan fingerprint density at radius 3 is 2.00 bits per heavy atom. The molecule has 0 radical (unpaired) electrons. The minimum atomic E-state index is -0.527. The highest BCUT2D eigenvalue weighted by Crippen LogP contribution is 2.30. The van der Waals surface area contributed by atoms with Crippen molar-refractivity contribution in [2.24, 2.45) is 0 Å². The normalized spacial score (nSPS) is 14.2. The SMILES string of the molecule is CC(c1ccc(O)cc1)C(O)c1ccccc1. The lowest BCUT2D eigenvalue weighted by atomic mass is 9.91. The molecule has 2 heteroatoms. The molecule has 0 saturated carbocycles. The molecule has 2 atom stereocenters. The first kappa shape index (κ1) is 11.7. The van der Waals surface area contributed by atoms with Gasteiger partial charge in [-0.05, 0) is 23.3 Å². The number of hydrogen-bond acceptors (Lipinski definition) is 2. The highest BCUT2D eigenvalue weighted by Gasteiger charge is 2.17. The first-order valence-corrected chi connectivity index (χ1v) is 5.70. The Hall–Kier alpha value is -1.80. The number of aliphatic hydroxyl groups is 1. The van der Waals surface area contributed by atoms with Gasteiger partial charge in [-0.25, -0.2) is 0 Å². The molecule has 0 spiro atoms. The zero-order valence-corrected chi connectivity index (χ0v) is 9.75. The van der Waals surface area contributed by atoms with Crippen LogP contribution in [0.4, 0.5) is 0 Å². The van der Waals surface area contributed by atoms with Crippen LogP contribution in [0.3, 0.4) is 0 Å². The Kier molecular flexibility index (Phi) is 3.45. The average molecular weight is 228 g/mol. The van der Waals surface area contributed by atoms with E-state index in [0.717, 1.165) is 11.1 Å². The molecule has 0 amide bonds. The van der Waals surface area contributed by atoms with Crippen molar-refractivity contribution in [3.05, 3.63) is 65.7 Å². The summed E-state index contributed by atoms with van der Waals surface area (Å²) in [5.41, 5.74) is 1.92. The van der Waals surface area contributed by atoms with Crippen molar-refractivity contribution in [1.29, 1.82) is 0 Å². The summed E-state index contributed by atoms with van der Waals surface area (Å²) < 4.78 is 0. The monoisotopic (exact) mass is 228 g/mol. The minimum Gasteiger partial charge on any atom is -0.508 e.